The number of aliphatic imine (C=N–C) groups is 1. The number of nitrogens with one attached hydrogen (secondary N) is 2. The van der Waals surface area contributed by atoms with Gasteiger partial charge in [-0.3, -0.25) is 4.99 Å². The maximum Gasteiger partial charge on any atom is 0.238 e. The molecule has 0 radical (unpaired) electrons. The van der Waals surface area contributed by atoms with Gasteiger partial charge in [-0.1, -0.05) is 37.5 Å². The molecule has 2 aromatic rings. The van der Waals surface area contributed by atoms with Crippen LogP contribution in [-0.2, 0) is 21.9 Å². The molecule has 1 saturated carbocycles. The standard InChI is InChI=1S/C22H32N4O2S2/c1-2-24-21(25-15-12-18-8-10-19(11-9-18)30(23,27)28)26-17-22(13-4-3-5-14-22)20-7-6-16-29-20/h6-11,16H,2-5,12-15,17H2,1H3,(H2,23,27,28)(H2,24,25,26). The second-order valence-electron chi connectivity index (χ2n) is 7.88. The summed E-state index contributed by atoms with van der Waals surface area (Å²) < 4.78 is 22.8. The summed E-state index contributed by atoms with van der Waals surface area (Å²) in [5.41, 5.74) is 1.21. The van der Waals surface area contributed by atoms with Crippen LogP contribution in [0, 0.1) is 0 Å². The van der Waals surface area contributed by atoms with E-state index in [1.807, 2.05) is 11.3 Å². The molecule has 0 bridgehead atoms. The summed E-state index contributed by atoms with van der Waals surface area (Å²) in [5.74, 6) is 0.833. The molecule has 0 spiro atoms. The third kappa shape index (κ3) is 6.06. The fourth-order valence-corrected chi connectivity index (χ4v) is 5.53. The maximum absolute atomic E-state index is 11.4. The van der Waals surface area contributed by atoms with Crippen LogP contribution in [0.25, 0.3) is 0 Å². The molecule has 1 heterocycles. The number of thiophene rings is 1. The monoisotopic (exact) mass is 448 g/mol. The van der Waals surface area contributed by atoms with Crippen molar-refractivity contribution in [1.82, 2.24) is 10.6 Å². The zero-order valence-corrected chi connectivity index (χ0v) is 19.2. The van der Waals surface area contributed by atoms with Crippen LogP contribution in [0.2, 0.25) is 0 Å². The van der Waals surface area contributed by atoms with Crippen molar-refractivity contribution in [2.45, 2.75) is 55.8 Å². The van der Waals surface area contributed by atoms with Crippen LogP contribution in [0.3, 0.4) is 0 Å². The number of nitrogens with two attached hydrogens (primary N) is 1. The predicted molar refractivity (Wildman–Crippen MR) is 125 cm³/mol. The SMILES string of the molecule is CCNC(=NCC1(c2cccs2)CCCCC1)NCCc1ccc(S(N)(=O)=O)cc1. The lowest BCUT2D eigenvalue weighted by Gasteiger charge is -2.35. The molecular weight excluding hydrogens is 416 g/mol. The van der Waals surface area contributed by atoms with Crippen molar-refractivity contribution in [3.63, 3.8) is 0 Å². The van der Waals surface area contributed by atoms with Crippen LogP contribution in [-0.4, -0.2) is 34.0 Å². The van der Waals surface area contributed by atoms with Crippen LogP contribution in [0.1, 0.15) is 49.5 Å². The Morgan fingerprint density at radius 2 is 1.87 bits per heavy atom. The van der Waals surface area contributed by atoms with Crippen LogP contribution in [0.4, 0.5) is 0 Å². The van der Waals surface area contributed by atoms with E-state index in [-0.39, 0.29) is 10.3 Å². The predicted octanol–water partition coefficient (Wildman–Crippen LogP) is 3.40. The van der Waals surface area contributed by atoms with E-state index in [2.05, 4.69) is 35.1 Å². The Balaban J connectivity index is 1.61. The molecule has 4 N–H and O–H groups in total. The normalized spacial score (nSPS) is 16.9. The van der Waals surface area contributed by atoms with E-state index in [4.69, 9.17) is 10.1 Å². The molecule has 0 saturated heterocycles. The Bertz CT molecular complexity index is 917. The number of hydrogen-bond acceptors (Lipinski definition) is 4. The van der Waals surface area contributed by atoms with Gasteiger partial charge in [0.15, 0.2) is 5.96 Å². The van der Waals surface area contributed by atoms with Gasteiger partial charge in [0.1, 0.15) is 0 Å². The topological polar surface area (TPSA) is 96.6 Å². The zero-order valence-electron chi connectivity index (χ0n) is 17.6. The van der Waals surface area contributed by atoms with E-state index >= 15 is 0 Å². The molecule has 0 unspecified atom stereocenters. The van der Waals surface area contributed by atoms with Gasteiger partial charge in [-0.05, 0) is 55.3 Å². The van der Waals surface area contributed by atoms with Crippen LogP contribution >= 0.6 is 11.3 Å². The summed E-state index contributed by atoms with van der Waals surface area (Å²) in [4.78, 5) is 6.54. The highest BCUT2D eigenvalue weighted by atomic mass is 32.2. The van der Waals surface area contributed by atoms with Gasteiger partial charge in [-0.15, -0.1) is 11.3 Å². The van der Waals surface area contributed by atoms with E-state index in [0.717, 1.165) is 31.0 Å². The Labute approximate surface area is 184 Å². The molecule has 1 aromatic heterocycles. The largest absolute Gasteiger partial charge is 0.357 e. The molecule has 1 fully saturated rings. The first-order valence-corrected chi connectivity index (χ1v) is 13.0. The average Bonchev–Trinajstić information content (AvgIpc) is 3.28. The summed E-state index contributed by atoms with van der Waals surface area (Å²) in [7, 11) is -3.65. The minimum Gasteiger partial charge on any atom is -0.357 e. The molecule has 164 valence electrons. The fourth-order valence-electron chi connectivity index (χ4n) is 4.03. The zero-order chi connectivity index (χ0) is 21.5. The number of guanidine groups is 1. The maximum atomic E-state index is 11.4. The summed E-state index contributed by atoms with van der Waals surface area (Å²) in [6.45, 7) is 4.39. The molecule has 1 aliphatic carbocycles. The van der Waals surface area contributed by atoms with Gasteiger partial charge in [0.05, 0.1) is 11.4 Å². The Hall–Kier alpha value is -1.90. The minimum absolute atomic E-state index is 0.139. The lowest BCUT2D eigenvalue weighted by molar-refractivity contribution is 0.306. The van der Waals surface area contributed by atoms with Gasteiger partial charge in [0, 0.05) is 23.4 Å². The van der Waals surface area contributed by atoms with Crippen molar-refractivity contribution in [3.05, 3.63) is 52.2 Å². The molecule has 30 heavy (non-hydrogen) atoms. The third-order valence-electron chi connectivity index (χ3n) is 5.70. The van der Waals surface area contributed by atoms with E-state index in [1.165, 1.54) is 37.0 Å². The number of primary sulfonamides is 1. The highest BCUT2D eigenvalue weighted by molar-refractivity contribution is 7.89. The van der Waals surface area contributed by atoms with Crippen molar-refractivity contribution < 1.29 is 8.42 Å². The smallest absolute Gasteiger partial charge is 0.238 e. The van der Waals surface area contributed by atoms with Gasteiger partial charge < -0.3 is 10.6 Å². The lowest BCUT2D eigenvalue weighted by atomic mass is 9.73. The summed E-state index contributed by atoms with van der Waals surface area (Å²) in [6, 6.07) is 11.1. The number of sulfonamides is 1. The summed E-state index contributed by atoms with van der Waals surface area (Å²) in [6.07, 6.45) is 7.03. The minimum atomic E-state index is -3.65. The summed E-state index contributed by atoms with van der Waals surface area (Å²) >= 11 is 1.85. The first kappa shape index (κ1) is 22.8. The van der Waals surface area contributed by atoms with Gasteiger partial charge >= 0.3 is 0 Å². The van der Waals surface area contributed by atoms with Gasteiger partial charge in [-0.2, -0.15) is 0 Å². The van der Waals surface area contributed by atoms with Crippen LogP contribution in [0.15, 0.2) is 51.7 Å². The number of benzene rings is 1. The Kier molecular flexibility index (Phi) is 7.91. The van der Waals surface area contributed by atoms with Crippen molar-refractivity contribution >= 4 is 27.3 Å². The fraction of sp³-hybridized carbons (Fsp3) is 0.500. The molecular formula is C22H32N4O2S2. The summed E-state index contributed by atoms with van der Waals surface area (Å²) in [5, 5.41) is 14.1. The quantitative estimate of drug-likeness (QED) is 0.426. The van der Waals surface area contributed by atoms with Crippen molar-refractivity contribution in [2.75, 3.05) is 19.6 Å². The average molecular weight is 449 g/mol. The molecule has 0 atom stereocenters. The van der Waals surface area contributed by atoms with E-state index < -0.39 is 10.0 Å². The van der Waals surface area contributed by atoms with Crippen molar-refractivity contribution in [1.29, 1.82) is 0 Å². The van der Waals surface area contributed by atoms with E-state index in [1.54, 1.807) is 24.3 Å². The first-order valence-electron chi connectivity index (χ1n) is 10.6. The third-order valence-corrected chi connectivity index (χ3v) is 7.74. The van der Waals surface area contributed by atoms with Crippen LogP contribution in [0.5, 0.6) is 0 Å². The molecule has 0 aliphatic heterocycles. The molecule has 1 aliphatic rings. The number of rotatable bonds is 8. The van der Waals surface area contributed by atoms with Crippen molar-refractivity contribution in [3.8, 4) is 0 Å². The van der Waals surface area contributed by atoms with Gasteiger partial charge in [0.25, 0.3) is 0 Å². The molecule has 8 heteroatoms. The van der Waals surface area contributed by atoms with Crippen LogP contribution < -0.4 is 15.8 Å². The highest BCUT2D eigenvalue weighted by Gasteiger charge is 2.34. The van der Waals surface area contributed by atoms with Crippen molar-refractivity contribution in [2.24, 2.45) is 10.1 Å². The Morgan fingerprint density at radius 3 is 2.47 bits per heavy atom. The number of nitrogens with zero attached hydrogens (tertiary/aromatic N) is 1. The Morgan fingerprint density at radius 1 is 1.13 bits per heavy atom. The molecule has 3 rings (SSSR count). The van der Waals surface area contributed by atoms with Gasteiger partial charge in [-0.25, -0.2) is 13.6 Å². The lowest BCUT2D eigenvalue weighted by Crippen LogP contribution is -2.40. The highest BCUT2D eigenvalue weighted by Crippen LogP contribution is 2.41. The first-order chi connectivity index (χ1) is 14.4. The molecule has 0 amide bonds. The van der Waals surface area contributed by atoms with E-state index in [9.17, 15) is 8.42 Å². The van der Waals surface area contributed by atoms with E-state index in [0.29, 0.717) is 6.54 Å². The second kappa shape index (κ2) is 10.4. The molecule has 1 aromatic carbocycles. The second-order valence-corrected chi connectivity index (χ2v) is 10.4. The molecule has 6 nitrogen and oxygen atoms in total. The van der Waals surface area contributed by atoms with Gasteiger partial charge in [0.2, 0.25) is 10.0 Å². The number of hydrogen-bond donors (Lipinski definition) is 3.